The van der Waals surface area contributed by atoms with E-state index in [0.29, 0.717) is 45.3 Å². The van der Waals surface area contributed by atoms with Gasteiger partial charge in [0.1, 0.15) is 21.5 Å². The van der Waals surface area contributed by atoms with Crippen LogP contribution in [0.2, 0.25) is 4.34 Å². The van der Waals surface area contributed by atoms with Crippen molar-refractivity contribution < 1.29 is 14.3 Å². The molecule has 1 aliphatic rings. The molecule has 0 bridgehead atoms. The number of fused-ring (bicyclic) bond motifs is 1. The molecule has 1 saturated carbocycles. The van der Waals surface area contributed by atoms with Crippen molar-refractivity contribution in [2.45, 2.75) is 37.5 Å². The van der Waals surface area contributed by atoms with Crippen molar-refractivity contribution in [2.24, 2.45) is 0 Å². The predicted molar refractivity (Wildman–Crippen MR) is 138 cm³/mol. The van der Waals surface area contributed by atoms with Gasteiger partial charge in [0, 0.05) is 6.20 Å². The van der Waals surface area contributed by atoms with Crippen LogP contribution in [-0.2, 0) is 0 Å². The summed E-state index contributed by atoms with van der Waals surface area (Å²) in [6, 6.07) is 9.06. The summed E-state index contributed by atoms with van der Waals surface area (Å²) >= 11 is 7.01. The topological polar surface area (TPSA) is 122 Å². The summed E-state index contributed by atoms with van der Waals surface area (Å²) in [5, 5.41) is 21.6. The number of benzene rings is 1. The highest BCUT2D eigenvalue weighted by Crippen LogP contribution is 2.38. The van der Waals surface area contributed by atoms with Crippen molar-refractivity contribution in [1.29, 1.82) is 0 Å². The van der Waals surface area contributed by atoms with Crippen LogP contribution in [0.4, 0.5) is 4.39 Å². The lowest BCUT2D eigenvalue weighted by Crippen LogP contribution is -2.49. The molecule has 0 aliphatic heterocycles. The summed E-state index contributed by atoms with van der Waals surface area (Å²) in [6.45, 7) is 0. The first kappa shape index (κ1) is 23.7. The van der Waals surface area contributed by atoms with E-state index in [4.69, 9.17) is 16.6 Å². The van der Waals surface area contributed by atoms with Gasteiger partial charge in [0.05, 0.1) is 53.0 Å². The lowest BCUT2D eigenvalue weighted by molar-refractivity contribution is 0.0417. The molecule has 9 nitrogen and oxygen atoms in total. The van der Waals surface area contributed by atoms with E-state index < -0.39 is 29.9 Å². The van der Waals surface area contributed by atoms with E-state index in [-0.39, 0.29) is 5.01 Å². The van der Waals surface area contributed by atoms with Gasteiger partial charge in [-0.1, -0.05) is 35.1 Å². The fourth-order valence-electron chi connectivity index (χ4n) is 4.90. The number of H-pyrrole nitrogens is 1. The smallest absolute Gasteiger partial charge is 0.280 e. The quantitative estimate of drug-likeness (QED) is 0.301. The SMILES string of the molecule is O=C(N[C@H]1CCC[C@@H](n2c(-c3ccccc3F)nc3cnc(-c4ccn[nH]4)cc32)[C@@H]1O)c1ncc(Cl)s1. The van der Waals surface area contributed by atoms with E-state index in [2.05, 4.69) is 25.5 Å². The first-order valence-electron chi connectivity index (χ1n) is 11.7. The highest BCUT2D eigenvalue weighted by Gasteiger charge is 2.37. The number of nitrogens with one attached hydrogen (secondary N) is 2. The Balaban J connectivity index is 1.44. The van der Waals surface area contributed by atoms with Gasteiger partial charge in [-0.25, -0.2) is 14.4 Å². The molecular formula is C25H21ClFN7O2S. The maximum atomic E-state index is 15.0. The molecule has 12 heteroatoms. The lowest BCUT2D eigenvalue weighted by atomic mass is 9.87. The standard InChI is InChI=1S/C25H21ClFN7O2S/c26-21-12-29-25(37-21)24(36)32-16-6-3-7-19(22(16)35)34-20-10-17(15-8-9-30-33-15)28-11-18(20)31-23(34)13-4-1-2-5-14(13)27/h1-2,4-5,8-12,16,19,22,35H,3,6-7H2,(H,30,33)(H,32,36)/t16-,19+,22+/m0/s1. The zero-order valence-electron chi connectivity index (χ0n) is 19.3. The van der Waals surface area contributed by atoms with Gasteiger partial charge in [-0.3, -0.25) is 14.9 Å². The average molecular weight is 538 g/mol. The number of amides is 1. The molecular weight excluding hydrogens is 517 g/mol. The highest BCUT2D eigenvalue weighted by atomic mass is 35.5. The Morgan fingerprint density at radius 3 is 2.84 bits per heavy atom. The third kappa shape index (κ3) is 4.39. The van der Waals surface area contributed by atoms with Crippen molar-refractivity contribution >= 4 is 39.9 Å². The molecule has 0 saturated heterocycles. The van der Waals surface area contributed by atoms with Crippen LogP contribution in [0, 0.1) is 5.82 Å². The molecule has 188 valence electrons. The number of carbonyl (C=O) groups is 1. The third-order valence-electron chi connectivity index (χ3n) is 6.61. The van der Waals surface area contributed by atoms with Gasteiger partial charge in [-0.05, 0) is 43.5 Å². The molecule has 0 spiro atoms. The molecule has 1 aliphatic carbocycles. The summed E-state index contributed by atoms with van der Waals surface area (Å²) < 4.78 is 17.3. The number of carbonyl (C=O) groups excluding carboxylic acids is 1. The van der Waals surface area contributed by atoms with E-state index in [9.17, 15) is 14.3 Å². The fourth-order valence-corrected chi connectivity index (χ4v) is 5.71. The molecule has 5 aromatic rings. The van der Waals surface area contributed by atoms with Gasteiger partial charge >= 0.3 is 0 Å². The largest absolute Gasteiger partial charge is 0.389 e. The predicted octanol–water partition coefficient (Wildman–Crippen LogP) is 4.62. The number of rotatable bonds is 5. The van der Waals surface area contributed by atoms with Crippen molar-refractivity contribution in [1.82, 2.24) is 35.0 Å². The molecule has 0 unspecified atom stereocenters. The minimum atomic E-state index is -0.958. The maximum absolute atomic E-state index is 15.0. The maximum Gasteiger partial charge on any atom is 0.280 e. The number of halogens is 2. The molecule has 4 aromatic heterocycles. The van der Waals surface area contributed by atoms with Crippen LogP contribution in [0.15, 0.2) is 55.0 Å². The lowest BCUT2D eigenvalue weighted by Gasteiger charge is -2.36. The van der Waals surface area contributed by atoms with Crippen LogP contribution in [-0.4, -0.2) is 52.9 Å². The van der Waals surface area contributed by atoms with Crippen molar-refractivity contribution in [3.05, 3.63) is 70.1 Å². The number of hydrogen-bond acceptors (Lipinski definition) is 7. The van der Waals surface area contributed by atoms with Gasteiger partial charge in [0.2, 0.25) is 0 Å². The first-order chi connectivity index (χ1) is 18.0. The number of nitrogens with zero attached hydrogens (tertiary/aromatic N) is 5. The first-order valence-corrected chi connectivity index (χ1v) is 12.9. The van der Waals surface area contributed by atoms with Crippen LogP contribution in [0.1, 0.15) is 35.1 Å². The Kier molecular flexibility index (Phi) is 6.19. The van der Waals surface area contributed by atoms with Crippen molar-refractivity contribution in [2.75, 3.05) is 0 Å². The monoisotopic (exact) mass is 537 g/mol. The molecule has 6 rings (SSSR count). The summed E-state index contributed by atoms with van der Waals surface area (Å²) in [6.07, 6.45) is 5.67. The normalized spacial score (nSPS) is 19.8. The van der Waals surface area contributed by atoms with E-state index >= 15 is 0 Å². The van der Waals surface area contributed by atoms with Crippen molar-refractivity contribution in [3.63, 3.8) is 0 Å². The van der Waals surface area contributed by atoms with E-state index in [1.165, 1.54) is 12.3 Å². The second kappa shape index (κ2) is 9.66. The molecule has 1 fully saturated rings. The van der Waals surface area contributed by atoms with E-state index in [0.717, 1.165) is 23.5 Å². The number of aliphatic hydroxyl groups excluding tert-OH is 1. The summed E-state index contributed by atoms with van der Waals surface area (Å²) in [4.78, 5) is 26.0. The number of aliphatic hydroxyl groups is 1. The van der Waals surface area contributed by atoms with Gasteiger partial charge in [0.15, 0.2) is 5.01 Å². The van der Waals surface area contributed by atoms with Gasteiger partial charge < -0.3 is 15.0 Å². The number of hydrogen-bond donors (Lipinski definition) is 3. The minimum absolute atomic E-state index is 0.231. The van der Waals surface area contributed by atoms with Gasteiger partial charge in [0.25, 0.3) is 5.91 Å². The zero-order valence-corrected chi connectivity index (χ0v) is 20.9. The van der Waals surface area contributed by atoms with Crippen LogP contribution in [0.3, 0.4) is 0 Å². The Labute approximate surface area is 219 Å². The second-order valence-corrected chi connectivity index (χ2v) is 10.5. The average Bonchev–Trinajstić information content (AvgIpc) is 3.65. The number of aromatic amines is 1. The molecule has 3 atom stereocenters. The molecule has 1 amide bonds. The zero-order chi connectivity index (χ0) is 25.5. The minimum Gasteiger partial charge on any atom is -0.389 e. The summed E-state index contributed by atoms with van der Waals surface area (Å²) in [5.41, 5.74) is 2.94. The van der Waals surface area contributed by atoms with Gasteiger partial charge in [-0.2, -0.15) is 5.10 Å². The van der Waals surface area contributed by atoms with Crippen molar-refractivity contribution in [3.8, 4) is 22.8 Å². The molecule has 1 aromatic carbocycles. The van der Waals surface area contributed by atoms with Crippen LogP contribution >= 0.6 is 22.9 Å². The number of thiazole rings is 1. The highest BCUT2D eigenvalue weighted by molar-refractivity contribution is 7.17. The Morgan fingerprint density at radius 1 is 1.22 bits per heavy atom. The number of aromatic nitrogens is 6. The second-order valence-electron chi connectivity index (χ2n) is 8.85. The Morgan fingerprint density at radius 2 is 2.08 bits per heavy atom. The fraction of sp³-hybridized carbons (Fsp3) is 0.240. The molecule has 3 N–H and O–H groups in total. The molecule has 37 heavy (non-hydrogen) atoms. The third-order valence-corrected chi connectivity index (χ3v) is 7.72. The van der Waals surface area contributed by atoms with E-state index in [1.54, 1.807) is 36.7 Å². The van der Waals surface area contributed by atoms with Crippen LogP contribution < -0.4 is 5.32 Å². The number of pyridine rings is 1. The molecule has 0 radical (unpaired) electrons. The summed E-state index contributed by atoms with van der Waals surface area (Å²) in [5.74, 6) is -0.423. The molecule has 4 heterocycles. The van der Waals surface area contributed by atoms with Crippen LogP contribution in [0.5, 0.6) is 0 Å². The number of imidazole rings is 1. The Hall–Kier alpha value is -3.67. The summed E-state index contributed by atoms with van der Waals surface area (Å²) in [7, 11) is 0. The van der Waals surface area contributed by atoms with Crippen LogP contribution in [0.25, 0.3) is 33.8 Å². The Bertz CT molecular complexity index is 1590. The van der Waals surface area contributed by atoms with Gasteiger partial charge in [-0.15, -0.1) is 0 Å². The van der Waals surface area contributed by atoms with E-state index in [1.807, 2.05) is 10.6 Å².